The third-order valence-electron chi connectivity index (χ3n) is 9.48. The van der Waals surface area contributed by atoms with E-state index in [9.17, 15) is 19.5 Å². The Bertz CT molecular complexity index is 1670. The molecule has 2 saturated heterocycles. The zero-order chi connectivity index (χ0) is 30.7. The third kappa shape index (κ3) is 4.56. The number of rotatable bonds is 7. The molecule has 1 spiro atoms. The van der Waals surface area contributed by atoms with Crippen molar-refractivity contribution in [1.82, 2.24) is 14.7 Å². The summed E-state index contributed by atoms with van der Waals surface area (Å²) in [7, 11) is -3.49. The fourth-order valence-electron chi connectivity index (χ4n) is 7.60. The van der Waals surface area contributed by atoms with Crippen LogP contribution in [-0.2, 0) is 19.9 Å². The molecule has 0 aliphatic carbocycles. The number of carbonyl (C=O) groups excluding carboxylic acids is 2. The molecule has 226 valence electrons. The Morgan fingerprint density at radius 2 is 2.02 bits per heavy atom. The van der Waals surface area contributed by atoms with Gasteiger partial charge in [0.1, 0.15) is 0 Å². The lowest BCUT2D eigenvalue weighted by atomic mass is 9.82. The Kier molecular flexibility index (Phi) is 7.38. The number of aliphatic hydroxyl groups is 1. The zero-order valence-electron chi connectivity index (χ0n) is 24.7. The predicted molar refractivity (Wildman–Crippen MR) is 164 cm³/mol. The standard InChI is InChI=1S/C32H37FN4O5Si/c1-5-14-36-26-13-12-22(37-30(40)24-11-7-6-9-21(24)18-34-37)16-25(26)32(31(36)41)20(2)29(43(3,4)33)27(42-32)17-28(39)35-15-8-10-23(35)19-38/h5-7,9,11-13,16,18,20,23,27,29,38H,1,8,10,14-15,17,19H2,2-4H3/t20-,23-,27+,29-,32+/m0/s1. The summed E-state index contributed by atoms with van der Waals surface area (Å²) in [5, 5.41) is 15.4. The molecule has 0 radical (unpaired) electrons. The van der Waals surface area contributed by atoms with Gasteiger partial charge in [-0.25, -0.2) is 0 Å². The second-order valence-corrected chi connectivity index (χ2v) is 16.2. The average molecular weight is 605 g/mol. The van der Waals surface area contributed by atoms with Gasteiger partial charge in [-0.15, -0.1) is 6.58 Å². The van der Waals surface area contributed by atoms with Crippen molar-refractivity contribution in [2.75, 3.05) is 24.6 Å². The quantitative estimate of drug-likeness (QED) is 0.248. The van der Waals surface area contributed by atoms with Gasteiger partial charge < -0.3 is 23.8 Å². The molecule has 9 nitrogen and oxygen atoms in total. The van der Waals surface area contributed by atoms with Crippen LogP contribution in [0.2, 0.25) is 18.6 Å². The summed E-state index contributed by atoms with van der Waals surface area (Å²) in [5.41, 5.74) is -0.937. The first-order valence-electron chi connectivity index (χ1n) is 14.8. The van der Waals surface area contributed by atoms with Gasteiger partial charge in [-0.3, -0.25) is 14.4 Å². The van der Waals surface area contributed by atoms with Gasteiger partial charge in [0.25, 0.3) is 11.5 Å². The van der Waals surface area contributed by atoms with Crippen molar-refractivity contribution in [3.8, 4) is 5.69 Å². The van der Waals surface area contributed by atoms with Crippen LogP contribution in [0.25, 0.3) is 16.5 Å². The topological polar surface area (TPSA) is 105 Å². The van der Waals surface area contributed by atoms with Gasteiger partial charge in [0.05, 0.1) is 48.1 Å². The van der Waals surface area contributed by atoms with Crippen molar-refractivity contribution in [2.24, 2.45) is 5.92 Å². The van der Waals surface area contributed by atoms with Crippen LogP contribution in [0.3, 0.4) is 0 Å². The summed E-state index contributed by atoms with van der Waals surface area (Å²) in [5.74, 6) is -1.14. The van der Waals surface area contributed by atoms with Gasteiger partial charge in [0.2, 0.25) is 14.3 Å². The second-order valence-electron chi connectivity index (χ2n) is 12.4. The smallest absolute Gasteiger partial charge is 0.279 e. The summed E-state index contributed by atoms with van der Waals surface area (Å²) in [6.45, 7) is 9.47. The fraction of sp³-hybridized carbons (Fsp3) is 0.438. The Labute approximate surface area is 250 Å². The molecule has 2 amide bonds. The number of aliphatic hydroxyl groups excluding tert-OH is 1. The van der Waals surface area contributed by atoms with Gasteiger partial charge in [-0.05, 0) is 50.2 Å². The van der Waals surface area contributed by atoms with Gasteiger partial charge in [0.15, 0.2) is 5.60 Å². The van der Waals surface area contributed by atoms with Crippen molar-refractivity contribution in [3.63, 3.8) is 0 Å². The molecule has 0 bridgehead atoms. The zero-order valence-corrected chi connectivity index (χ0v) is 25.7. The van der Waals surface area contributed by atoms with Gasteiger partial charge in [-0.2, -0.15) is 9.78 Å². The minimum Gasteiger partial charge on any atom is -0.394 e. The number of aromatic nitrogens is 2. The van der Waals surface area contributed by atoms with E-state index in [1.54, 1.807) is 65.5 Å². The molecule has 11 heteroatoms. The highest BCUT2D eigenvalue weighted by Gasteiger charge is 2.67. The number of ether oxygens (including phenoxy) is 1. The van der Waals surface area contributed by atoms with Crippen molar-refractivity contribution in [2.45, 2.75) is 62.6 Å². The van der Waals surface area contributed by atoms with Gasteiger partial charge in [-0.1, -0.05) is 31.2 Å². The molecule has 3 aromatic rings. The van der Waals surface area contributed by atoms with Crippen molar-refractivity contribution >= 4 is 36.7 Å². The summed E-state index contributed by atoms with van der Waals surface area (Å²) in [6, 6.07) is 12.2. The molecule has 5 atom stereocenters. The summed E-state index contributed by atoms with van der Waals surface area (Å²) < 4.78 is 24.2. The largest absolute Gasteiger partial charge is 0.394 e. The maximum atomic E-state index is 16.2. The number of carbonyl (C=O) groups is 2. The fourth-order valence-corrected chi connectivity index (χ4v) is 10.1. The summed E-state index contributed by atoms with van der Waals surface area (Å²) in [4.78, 5) is 44.6. The molecule has 0 unspecified atom stereocenters. The number of amides is 2. The molecular weight excluding hydrogens is 567 g/mol. The van der Waals surface area contributed by atoms with Crippen LogP contribution in [0.1, 0.15) is 31.7 Å². The molecule has 1 N–H and O–H groups in total. The van der Waals surface area contributed by atoms with Crippen molar-refractivity contribution in [3.05, 3.63) is 77.2 Å². The predicted octanol–water partition coefficient (Wildman–Crippen LogP) is 4.07. The SMILES string of the molecule is C=CCN1C(=O)[C@]2(O[C@H](CC(=O)N3CCC[C@H]3CO)[C@@H]([Si](C)(C)F)[C@@H]2C)c2cc(-n3ncc4ccccc4c3=O)ccc21. The van der Waals surface area contributed by atoms with E-state index >= 15 is 4.11 Å². The van der Waals surface area contributed by atoms with E-state index in [2.05, 4.69) is 11.7 Å². The lowest BCUT2D eigenvalue weighted by molar-refractivity contribution is -0.149. The molecule has 4 heterocycles. The highest BCUT2D eigenvalue weighted by Crippen LogP contribution is 2.60. The second kappa shape index (κ2) is 10.8. The van der Waals surface area contributed by atoms with E-state index < -0.39 is 31.6 Å². The molecule has 6 rings (SSSR count). The number of hydrogen-bond acceptors (Lipinski definition) is 6. The number of halogens is 1. The molecule has 43 heavy (non-hydrogen) atoms. The first kappa shape index (κ1) is 29.4. The number of benzene rings is 2. The van der Waals surface area contributed by atoms with Crippen LogP contribution in [0, 0.1) is 5.92 Å². The first-order valence-corrected chi connectivity index (χ1v) is 17.8. The minimum absolute atomic E-state index is 0.0803. The Morgan fingerprint density at radius 3 is 2.74 bits per heavy atom. The molecule has 1 aromatic heterocycles. The molecule has 0 saturated carbocycles. The highest BCUT2D eigenvalue weighted by molar-refractivity contribution is 6.72. The third-order valence-corrected chi connectivity index (χ3v) is 11.9. The Morgan fingerprint density at radius 1 is 1.26 bits per heavy atom. The van der Waals surface area contributed by atoms with Crippen LogP contribution < -0.4 is 10.5 Å². The van der Waals surface area contributed by atoms with Crippen LogP contribution >= 0.6 is 0 Å². The lowest BCUT2D eigenvalue weighted by Crippen LogP contribution is -2.45. The van der Waals surface area contributed by atoms with E-state index in [1.165, 1.54) is 4.68 Å². The summed E-state index contributed by atoms with van der Waals surface area (Å²) in [6.07, 6.45) is 3.84. The Balaban J connectivity index is 1.46. The number of fused-ring (bicyclic) bond motifs is 3. The van der Waals surface area contributed by atoms with E-state index in [4.69, 9.17) is 4.74 Å². The van der Waals surface area contributed by atoms with E-state index in [1.807, 2.05) is 19.1 Å². The first-order chi connectivity index (χ1) is 20.5. The normalized spacial score (nSPS) is 27.0. The molecule has 2 fully saturated rings. The van der Waals surface area contributed by atoms with Crippen molar-refractivity contribution < 1.29 is 23.5 Å². The van der Waals surface area contributed by atoms with Crippen molar-refractivity contribution in [1.29, 1.82) is 0 Å². The summed E-state index contributed by atoms with van der Waals surface area (Å²) >= 11 is 0. The van der Waals surface area contributed by atoms with Gasteiger partial charge in [0, 0.05) is 35.5 Å². The number of nitrogens with zero attached hydrogens (tertiary/aromatic N) is 4. The number of likely N-dealkylation sites (tertiary alicyclic amines) is 1. The Hall–Kier alpha value is -3.67. The average Bonchev–Trinajstić information content (AvgIpc) is 3.64. The van der Waals surface area contributed by atoms with E-state index in [0.29, 0.717) is 40.7 Å². The maximum absolute atomic E-state index is 16.2. The van der Waals surface area contributed by atoms with Gasteiger partial charge >= 0.3 is 0 Å². The highest BCUT2D eigenvalue weighted by atomic mass is 28.4. The van der Waals surface area contributed by atoms with Crippen LogP contribution in [0.4, 0.5) is 9.80 Å². The van der Waals surface area contributed by atoms with Crippen LogP contribution in [0.15, 0.2) is 66.1 Å². The molecule has 3 aliphatic heterocycles. The monoisotopic (exact) mass is 604 g/mol. The van der Waals surface area contributed by atoms with E-state index in [0.717, 1.165) is 6.42 Å². The minimum atomic E-state index is -3.49. The maximum Gasteiger partial charge on any atom is 0.279 e. The molecule has 2 aromatic carbocycles. The number of anilines is 1. The van der Waals surface area contributed by atoms with Crippen LogP contribution in [0.5, 0.6) is 0 Å². The molecule has 3 aliphatic rings. The van der Waals surface area contributed by atoms with E-state index in [-0.39, 0.29) is 43.0 Å². The molecular formula is C32H37FN4O5Si. The lowest BCUT2D eigenvalue weighted by Gasteiger charge is -2.31. The van der Waals surface area contributed by atoms with Crippen LogP contribution in [-0.4, -0.2) is 71.9 Å². The number of hydrogen-bond donors (Lipinski definition) is 1.